The average molecular weight is 463 g/mol. The molecule has 13 heteroatoms. The van der Waals surface area contributed by atoms with E-state index in [0.717, 1.165) is 29.2 Å². The molecule has 0 aliphatic carbocycles. The first-order valence-corrected chi connectivity index (χ1v) is 10.0. The Hall–Kier alpha value is -3.61. The third-order valence-electron chi connectivity index (χ3n) is 5.54. The second-order valence-corrected chi connectivity index (χ2v) is 7.76. The van der Waals surface area contributed by atoms with Gasteiger partial charge in [0, 0.05) is 42.8 Å². The van der Waals surface area contributed by atoms with Crippen LogP contribution in [0.2, 0.25) is 0 Å². The molecule has 3 aromatic heterocycles. The number of piperazine rings is 1. The summed E-state index contributed by atoms with van der Waals surface area (Å²) in [6.45, 7) is 4.30. The zero-order chi connectivity index (χ0) is 23.9. The number of imidazole rings is 1. The number of rotatable bonds is 4. The van der Waals surface area contributed by atoms with Gasteiger partial charge in [0.15, 0.2) is 17.2 Å². The van der Waals surface area contributed by atoms with E-state index in [0.29, 0.717) is 12.1 Å². The molecule has 0 aromatic carbocycles. The number of anilines is 1. The van der Waals surface area contributed by atoms with E-state index in [4.69, 9.17) is 11.1 Å². The zero-order valence-corrected chi connectivity index (χ0v) is 17.7. The molecule has 174 valence electrons. The predicted octanol–water partition coefficient (Wildman–Crippen LogP) is 2.39. The first-order valence-electron chi connectivity index (χ1n) is 10.0. The Morgan fingerprint density at radius 3 is 2.64 bits per heavy atom. The second-order valence-electron chi connectivity index (χ2n) is 7.76. The summed E-state index contributed by atoms with van der Waals surface area (Å²) in [4.78, 5) is 17.7. The van der Waals surface area contributed by atoms with Gasteiger partial charge < -0.3 is 21.4 Å². The number of halogens is 4. The fourth-order valence-corrected chi connectivity index (χ4v) is 3.91. The van der Waals surface area contributed by atoms with Crippen LogP contribution in [0.25, 0.3) is 17.0 Å². The molecular weight excluding hydrogens is 442 g/mol. The second kappa shape index (κ2) is 8.39. The van der Waals surface area contributed by atoms with Crippen LogP contribution >= 0.6 is 0 Å². The summed E-state index contributed by atoms with van der Waals surface area (Å²) in [6.07, 6.45) is 1.78. The summed E-state index contributed by atoms with van der Waals surface area (Å²) >= 11 is 0. The smallest absolute Gasteiger partial charge is 0.404 e. The Labute approximate surface area is 185 Å². The van der Waals surface area contributed by atoms with E-state index in [9.17, 15) is 17.6 Å². The lowest BCUT2D eigenvalue weighted by molar-refractivity contribution is -0.141. The van der Waals surface area contributed by atoms with E-state index in [1.807, 2.05) is 18.7 Å². The maximum absolute atomic E-state index is 14.8. The van der Waals surface area contributed by atoms with E-state index < -0.39 is 17.7 Å². The molecule has 3 aromatic rings. The fraction of sp³-hybridized carbons (Fsp3) is 0.350. The van der Waals surface area contributed by atoms with Crippen molar-refractivity contribution in [3.8, 4) is 11.4 Å². The Bertz CT molecular complexity index is 1220. The third-order valence-corrected chi connectivity index (χ3v) is 5.54. The normalized spacial score (nSPS) is 22.1. The molecule has 1 aliphatic rings. The van der Waals surface area contributed by atoms with Gasteiger partial charge in [-0.3, -0.25) is 4.40 Å². The number of nitrogens with two attached hydrogens (primary N) is 1. The van der Waals surface area contributed by atoms with Gasteiger partial charge in [0.2, 0.25) is 5.95 Å². The summed E-state index contributed by atoms with van der Waals surface area (Å²) < 4.78 is 55.3. The van der Waals surface area contributed by atoms with Crippen LogP contribution in [0.5, 0.6) is 0 Å². The first-order chi connectivity index (χ1) is 15.6. The predicted molar refractivity (Wildman–Crippen MR) is 113 cm³/mol. The van der Waals surface area contributed by atoms with Crippen LogP contribution in [0, 0.1) is 11.2 Å². The zero-order valence-electron chi connectivity index (χ0n) is 17.7. The molecule has 0 radical (unpaired) electrons. The van der Waals surface area contributed by atoms with Gasteiger partial charge in [0.1, 0.15) is 5.69 Å². The first kappa shape index (κ1) is 22.6. The number of hydrogen-bond acceptors (Lipinski definition) is 8. The Kier molecular flexibility index (Phi) is 5.74. The lowest BCUT2D eigenvalue weighted by atomic mass is 9.96. The summed E-state index contributed by atoms with van der Waals surface area (Å²) in [5.74, 6) is -0.612. The molecule has 0 spiro atoms. The average Bonchev–Trinajstić information content (AvgIpc) is 3.19. The Morgan fingerprint density at radius 1 is 1.21 bits per heavy atom. The lowest BCUT2D eigenvalue weighted by Crippen LogP contribution is -2.62. The van der Waals surface area contributed by atoms with Crippen LogP contribution in [0.3, 0.4) is 0 Å². The van der Waals surface area contributed by atoms with E-state index in [-0.39, 0.29) is 41.1 Å². The highest BCUT2D eigenvalue weighted by Crippen LogP contribution is 2.30. The molecule has 3 atom stereocenters. The van der Waals surface area contributed by atoms with Gasteiger partial charge in [-0.1, -0.05) is 0 Å². The largest absolute Gasteiger partial charge is 0.434 e. The van der Waals surface area contributed by atoms with Crippen molar-refractivity contribution in [2.45, 2.75) is 38.1 Å². The highest BCUT2D eigenvalue weighted by atomic mass is 19.4. The van der Waals surface area contributed by atoms with Gasteiger partial charge in [-0.25, -0.2) is 24.3 Å². The molecule has 1 saturated heterocycles. The molecule has 3 unspecified atom stereocenters. The highest BCUT2D eigenvalue weighted by molar-refractivity contribution is 5.78. The van der Waals surface area contributed by atoms with Crippen molar-refractivity contribution in [2.75, 3.05) is 11.4 Å². The van der Waals surface area contributed by atoms with Crippen LogP contribution in [0.15, 0.2) is 36.6 Å². The van der Waals surface area contributed by atoms with Crippen LogP contribution < -0.4 is 16.0 Å². The molecular formula is C20H21F4N9. The molecule has 0 amide bonds. The van der Waals surface area contributed by atoms with Gasteiger partial charge >= 0.3 is 6.18 Å². The molecule has 1 fully saturated rings. The standard InChI is InChI=1S/C20H21F4N9/c1-10-8-32(11(2)17(30-10)12(3-25)4-26)19-29-5-13(21)18(31-19)14-6-28-16-7-27-15(9-33(14)16)20(22,23)24/h3-7,9-11,17,25,30H,8,26H2,1-2H3/b12-4+,25-3?. The monoisotopic (exact) mass is 463 g/mol. The van der Waals surface area contributed by atoms with Crippen molar-refractivity contribution in [2.24, 2.45) is 5.73 Å². The lowest BCUT2D eigenvalue weighted by Gasteiger charge is -2.43. The van der Waals surface area contributed by atoms with Crippen molar-refractivity contribution < 1.29 is 17.6 Å². The van der Waals surface area contributed by atoms with Gasteiger partial charge in [-0.15, -0.1) is 0 Å². The number of nitrogens with zero attached hydrogens (tertiary/aromatic N) is 6. The minimum Gasteiger partial charge on any atom is -0.404 e. The van der Waals surface area contributed by atoms with E-state index >= 15 is 0 Å². The van der Waals surface area contributed by atoms with E-state index in [1.54, 1.807) is 0 Å². The quantitative estimate of drug-likeness (QED) is 0.401. The van der Waals surface area contributed by atoms with Gasteiger partial charge in [0.05, 0.1) is 30.3 Å². The SMILES string of the molecule is CC1CN(c2ncc(F)c(-c3cnc4cnc(C(F)(F)F)cn34)n2)C(C)C(/C(C=N)=C/N)N1. The molecule has 0 bridgehead atoms. The Balaban J connectivity index is 1.78. The molecule has 1 aliphatic heterocycles. The van der Waals surface area contributed by atoms with Crippen LogP contribution in [0.1, 0.15) is 19.5 Å². The third kappa shape index (κ3) is 4.11. The van der Waals surface area contributed by atoms with Crippen molar-refractivity contribution in [3.05, 3.63) is 48.1 Å². The number of fused-ring (bicyclic) bond motifs is 1. The van der Waals surface area contributed by atoms with E-state index in [1.165, 1.54) is 12.4 Å². The molecule has 4 heterocycles. The molecule has 4 rings (SSSR count). The number of aromatic nitrogens is 5. The topological polar surface area (TPSA) is 121 Å². The number of alkyl halides is 3. The van der Waals surface area contributed by atoms with Crippen molar-refractivity contribution in [1.29, 1.82) is 5.41 Å². The molecule has 33 heavy (non-hydrogen) atoms. The van der Waals surface area contributed by atoms with Crippen molar-refractivity contribution >= 4 is 17.8 Å². The summed E-state index contributed by atoms with van der Waals surface area (Å²) in [5, 5.41) is 11.0. The van der Waals surface area contributed by atoms with Crippen LogP contribution in [-0.2, 0) is 6.18 Å². The summed E-state index contributed by atoms with van der Waals surface area (Å²) in [5.41, 5.74) is 5.05. The molecule has 0 saturated carbocycles. The Morgan fingerprint density at radius 2 is 1.97 bits per heavy atom. The highest BCUT2D eigenvalue weighted by Gasteiger charge is 2.35. The van der Waals surface area contributed by atoms with Crippen LogP contribution in [0.4, 0.5) is 23.5 Å². The van der Waals surface area contributed by atoms with Crippen molar-refractivity contribution in [3.63, 3.8) is 0 Å². The van der Waals surface area contributed by atoms with Gasteiger partial charge in [-0.2, -0.15) is 13.2 Å². The number of nitrogens with one attached hydrogen (secondary N) is 2. The minimum absolute atomic E-state index is 0.0329. The molecule has 9 nitrogen and oxygen atoms in total. The fourth-order valence-electron chi connectivity index (χ4n) is 3.91. The maximum Gasteiger partial charge on any atom is 0.434 e. The molecule has 4 N–H and O–H groups in total. The summed E-state index contributed by atoms with van der Waals surface area (Å²) in [6, 6.07) is -0.585. The van der Waals surface area contributed by atoms with E-state index in [2.05, 4.69) is 25.3 Å². The number of hydrogen-bond donors (Lipinski definition) is 3. The van der Waals surface area contributed by atoms with Crippen LogP contribution in [-0.4, -0.2) is 55.2 Å². The van der Waals surface area contributed by atoms with Gasteiger partial charge in [-0.05, 0) is 13.8 Å². The minimum atomic E-state index is -4.67. The summed E-state index contributed by atoms with van der Waals surface area (Å²) in [7, 11) is 0. The maximum atomic E-state index is 14.8. The van der Waals surface area contributed by atoms with Gasteiger partial charge in [0.25, 0.3) is 0 Å². The van der Waals surface area contributed by atoms with Crippen molar-refractivity contribution in [1.82, 2.24) is 29.7 Å².